The first-order valence-electron chi connectivity index (χ1n) is 9.40. The lowest BCUT2D eigenvalue weighted by atomic mass is 9.97. The highest BCUT2D eigenvalue weighted by molar-refractivity contribution is 5.70. The molecule has 0 unspecified atom stereocenters. The van der Waals surface area contributed by atoms with Gasteiger partial charge in [0.05, 0.1) is 17.2 Å². The van der Waals surface area contributed by atoms with E-state index in [1.165, 1.54) is 12.1 Å². The highest BCUT2D eigenvalue weighted by Crippen LogP contribution is 2.33. The Morgan fingerprint density at radius 3 is 2.50 bits per heavy atom. The van der Waals surface area contributed by atoms with E-state index in [-0.39, 0.29) is 17.4 Å². The summed E-state index contributed by atoms with van der Waals surface area (Å²) in [6, 6.07) is 10.1. The number of nitrogens with zero attached hydrogens (tertiary/aromatic N) is 5. The third kappa shape index (κ3) is 4.07. The van der Waals surface area contributed by atoms with Crippen LogP contribution in [0.15, 0.2) is 55.1 Å². The van der Waals surface area contributed by atoms with E-state index in [9.17, 15) is 14.9 Å². The summed E-state index contributed by atoms with van der Waals surface area (Å²) >= 11 is 0. The van der Waals surface area contributed by atoms with Gasteiger partial charge in [0.2, 0.25) is 11.7 Å². The van der Waals surface area contributed by atoms with Crippen LogP contribution in [0.4, 0.5) is 11.5 Å². The van der Waals surface area contributed by atoms with Crippen LogP contribution in [0.2, 0.25) is 0 Å². The Hall–Kier alpha value is -3.95. The van der Waals surface area contributed by atoms with E-state index >= 15 is 0 Å². The van der Waals surface area contributed by atoms with Crippen molar-refractivity contribution in [3.05, 3.63) is 65.2 Å². The second kappa shape index (κ2) is 8.19. The predicted octanol–water partition coefficient (Wildman–Crippen LogP) is 3.27. The van der Waals surface area contributed by atoms with E-state index in [0.717, 1.165) is 5.69 Å². The Morgan fingerprint density at radius 2 is 1.90 bits per heavy atom. The molecule has 2 aromatic heterocycles. The number of carbonyl (C=O) groups is 1. The Kier molecular flexibility index (Phi) is 5.29. The highest BCUT2D eigenvalue weighted by Gasteiger charge is 2.29. The minimum atomic E-state index is -0.840. The molecule has 0 atom stereocenters. The molecule has 0 saturated carbocycles. The van der Waals surface area contributed by atoms with Crippen LogP contribution in [0.3, 0.4) is 0 Å². The van der Waals surface area contributed by atoms with Gasteiger partial charge >= 0.3 is 11.7 Å². The molecule has 0 bridgehead atoms. The fraction of sp³-hybridized carbons (Fsp3) is 0.250. The standard InChI is InChI=1S/C20H19N5O5/c26-20(27)14-7-10-23(11-8-14)19-17(25(28)29)5-6-18(22-19)30-16-3-1-15(2-4-16)24-12-9-21-13-24/h1-6,9,12-14H,7-8,10-11H2,(H,26,27). The highest BCUT2D eigenvalue weighted by atomic mass is 16.6. The maximum Gasteiger partial charge on any atom is 0.311 e. The molecule has 10 nitrogen and oxygen atoms in total. The number of hydrogen-bond acceptors (Lipinski definition) is 7. The average Bonchev–Trinajstić information content (AvgIpc) is 3.29. The summed E-state index contributed by atoms with van der Waals surface area (Å²) in [5.41, 5.74) is 0.782. The van der Waals surface area contributed by atoms with Gasteiger partial charge < -0.3 is 19.3 Å². The summed E-state index contributed by atoms with van der Waals surface area (Å²) in [6.45, 7) is 0.766. The first kappa shape index (κ1) is 19.4. The number of pyridine rings is 1. The lowest BCUT2D eigenvalue weighted by Gasteiger charge is -2.30. The maximum absolute atomic E-state index is 11.5. The SMILES string of the molecule is O=C(O)C1CCN(c2nc(Oc3ccc(-n4ccnc4)cc3)ccc2[N+](=O)[O-])CC1. The normalized spacial score (nSPS) is 14.5. The lowest BCUT2D eigenvalue weighted by Crippen LogP contribution is -2.37. The van der Waals surface area contributed by atoms with Gasteiger partial charge in [-0.2, -0.15) is 4.98 Å². The lowest BCUT2D eigenvalue weighted by molar-refractivity contribution is -0.384. The van der Waals surface area contributed by atoms with E-state index in [0.29, 0.717) is 31.7 Å². The van der Waals surface area contributed by atoms with Crippen LogP contribution in [-0.2, 0) is 4.79 Å². The van der Waals surface area contributed by atoms with Crippen molar-refractivity contribution in [2.45, 2.75) is 12.8 Å². The molecular weight excluding hydrogens is 390 g/mol. The molecule has 154 valence electrons. The minimum Gasteiger partial charge on any atom is -0.481 e. The molecule has 1 fully saturated rings. The quantitative estimate of drug-likeness (QED) is 0.486. The van der Waals surface area contributed by atoms with Gasteiger partial charge in [0.15, 0.2) is 0 Å². The van der Waals surface area contributed by atoms with Gasteiger partial charge in [-0.05, 0) is 37.1 Å². The zero-order valence-corrected chi connectivity index (χ0v) is 15.9. The fourth-order valence-corrected chi connectivity index (χ4v) is 3.41. The molecule has 3 aromatic rings. The van der Waals surface area contributed by atoms with Crippen LogP contribution in [0.25, 0.3) is 5.69 Å². The van der Waals surface area contributed by atoms with Crippen molar-refractivity contribution in [3.8, 4) is 17.3 Å². The van der Waals surface area contributed by atoms with Crippen molar-refractivity contribution in [3.63, 3.8) is 0 Å². The Morgan fingerprint density at radius 1 is 1.17 bits per heavy atom. The van der Waals surface area contributed by atoms with E-state index < -0.39 is 16.8 Å². The van der Waals surface area contributed by atoms with Crippen molar-refractivity contribution >= 4 is 17.5 Å². The number of piperidine rings is 1. The molecule has 10 heteroatoms. The zero-order chi connectivity index (χ0) is 21.1. The number of imidazole rings is 1. The van der Waals surface area contributed by atoms with E-state index in [2.05, 4.69) is 9.97 Å². The van der Waals surface area contributed by atoms with Crippen molar-refractivity contribution < 1.29 is 19.6 Å². The number of carboxylic acid groups (broad SMARTS) is 1. The number of nitro groups is 1. The molecular formula is C20H19N5O5. The minimum absolute atomic E-state index is 0.133. The number of anilines is 1. The number of carboxylic acids is 1. The summed E-state index contributed by atoms with van der Waals surface area (Å²) in [5, 5.41) is 20.6. The van der Waals surface area contributed by atoms with Crippen molar-refractivity contribution in [1.82, 2.24) is 14.5 Å². The van der Waals surface area contributed by atoms with Crippen molar-refractivity contribution in [1.29, 1.82) is 0 Å². The van der Waals surface area contributed by atoms with Crippen molar-refractivity contribution in [2.75, 3.05) is 18.0 Å². The van der Waals surface area contributed by atoms with Gasteiger partial charge in [0.1, 0.15) is 5.75 Å². The third-order valence-corrected chi connectivity index (χ3v) is 5.03. The van der Waals surface area contributed by atoms with E-state index in [1.807, 2.05) is 22.9 Å². The topological polar surface area (TPSA) is 124 Å². The Balaban J connectivity index is 1.54. The van der Waals surface area contributed by atoms with Crippen LogP contribution in [0, 0.1) is 16.0 Å². The van der Waals surface area contributed by atoms with Gasteiger partial charge in [0.25, 0.3) is 0 Å². The number of benzene rings is 1. The van der Waals surface area contributed by atoms with Crippen LogP contribution in [0.5, 0.6) is 11.6 Å². The fourth-order valence-electron chi connectivity index (χ4n) is 3.41. The summed E-state index contributed by atoms with van der Waals surface area (Å²) < 4.78 is 7.65. The molecule has 0 spiro atoms. The number of hydrogen-bond donors (Lipinski definition) is 1. The van der Waals surface area contributed by atoms with Gasteiger partial charge in [-0.25, -0.2) is 4.98 Å². The van der Waals surface area contributed by atoms with Crippen molar-refractivity contribution in [2.24, 2.45) is 5.92 Å². The molecule has 1 saturated heterocycles. The summed E-state index contributed by atoms with van der Waals surface area (Å²) in [6.07, 6.45) is 6.02. The van der Waals surface area contributed by atoms with Gasteiger partial charge in [-0.3, -0.25) is 14.9 Å². The maximum atomic E-state index is 11.5. The molecule has 0 radical (unpaired) electrons. The molecule has 4 rings (SSSR count). The van der Waals surface area contributed by atoms with E-state index in [4.69, 9.17) is 9.84 Å². The second-order valence-corrected chi connectivity index (χ2v) is 6.91. The van der Waals surface area contributed by atoms with Gasteiger partial charge in [-0.1, -0.05) is 0 Å². The molecule has 0 amide bonds. The Labute approximate surface area is 171 Å². The zero-order valence-electron chi connectivity index (χ0n) is 15.9. The van der Waals surface area contributed by atoms with Crippen LogP contribution in [0.1, 0.15) is 12.8 Å². The molecule has 3 heterocycles. The second-order valence-electron chi connectivity index (χ2n) is 6.91. The van der Waals surface area contributed by atoms with Crippen LogP contribution >= 0.6 is 0 Å². The Bertz CT molecular complexity index is 1040. The number of rotatable bonds is 6. The number of aliphatic carboxylic acids is 1. The van der Waals surface area contributed by atoms with E-state index in [1.54, 1.807) is 29.6 Å². The smallest absolute Gasteiger partial charge is 0.311 e. The van der Waals surface area contributed by atoms with Crippen LogP contribution < -0.4 is 9.64 Å². The number of aromatic nitrogens is 3. The summed E-state index contributed by atoms with van der Waals surface area (Å²) in [4.78, 5) is 32.2. The number of ether oxygens (including phenoxy) is 1. The first-order valence-corrected chi connectivity index (χ1v) is 9.40. The summed E-state index contributed by atoms with van der Waals surface area (Å²) in [5.74, 6) is -0.319. The molecule has 30 heavy (non-hydrogen) atoms. The first-order chi connectivity index (χ1) is 14.5. The third-order valence-electron chi connectivity index (χ3n) is 5.03. The van der Waals surface area contributed by atoms with Gasteiger partial charge in [-0.15, -0.1) is 0 Å². The molecule has 1 aromatic carbocycles. The van der Waals surface area contributed by atoms with Crippen LogP contribution in [-0.4, -0.2) is 43.6 Å². The predicted molar refractivity (Wildman–Crippen MR) is 107 cm³/mol. The molecule has 0 aliphatic carbocycles. The molecule has 1 aliphatic rings. The summed E-state index contributed by atoms with van der Waals surface area (Å²) in [7, 11) is 0. The molecule has 1 N–H and O–H groups in total. The van der Waals surface area contributed by atoms with Gasteiger partial charge in [0, 0.05) is 43.3 Å². The monoisotopic (exact) mass is 409 g/mol. The molecule has 1 aliphatic heterocycles. The largest absolute Gasteiger partial charge is 0.481 e. The average molecular weight is 409 g/mol.